The maximum Gasteiger partial charge on any atom is 0.0509 e. The Morgan fingerprint density at radius 2 is 1.06 bits per heavy atom. The zero-order valence-electron chi connectivity index (χ0n) is 11.9. The topological polar surface area (TPSA) is 40.5 Å². The molecule has 0 aliphatic rings. The van der Waals surface area contributed by atoms with Crippen molar-refractivity contribution in [2.24, 2.45) is 5.41 Å². The second-order valence-corrected chi connectivity index (χ2v) is 5.44. The summed E-state index contributed by atoms with van der Waals surface area (Å²) in [6.45, 7) is 4.69. The third kappa shape index (κ3) is 7.77. The van der Waals surface area contributed by atoms with Crippen LogP contribution in [0.1, 0.15) is 78.1 Å². The van der Waals surface area contributed by atoms with E-state index in [9.17, 15) is 10.2 Å². The number of rotatable bonds is 12. The predicted octanol–water partition coefficient (Wildman–Crippen LogP) is 3.90. The molecule has 0 bridgehead atoms. The minimum Gasteiger partial charge on any atom is -0.396 e. The summed E-state index contributed by atoms with van der Waals surface area (Å²) in [6.07, 6.45) is 11.7. The van der Waals surface area contributed by atoms with Crippen LogP contribution >= 0.6 is 0 Å². The van der Waals surface area contributed by atoms with Gasteiger partial charge in [0, 0.05) is 5.41 Å². The van der Waals surface area contributed by atoms with Crippen LogP contribution in [0.3, 0.4) is 0 Å². The summed E-state index contributed by atoms with van der Waals surface area (Å²) in [6, 6.07) is 0. The van der Waals surface area contributed by atoms with Crippen LogP contribution in [-0.2, 0) is 0 Å². The van der Waals surface area contributed by atoms with Gasteiger partial charge in [0.15, 0.2) is 0 Å². The number of unbranched alkanes of at least 4 members (excludes halogenated alkanes) is 6. The maximum absolute atomic E-state index is 9.53. The first-order chi connectivity index (χ1) is 8.24. The Hall–Kier alpha value is -0.0800. The van der Waals surface area contributed by atoms with Crippen LogP contribution in [0, 0.1) is 5.41 Å². The van der Waals surface area contributed by atoms with E-state index in [0.29, 0.717) is 0 Å². The normalized spacial score (nSPS) is 12.0. The van der Waals surface area contributed by atoms with Crippen molar-refractivity contribution in [1.29, 1.82) is 0 Å². The number of aliphatic hydroxyl groups excluding tert-OH is 2. The average molecular weight is 244 g/mol. The van der Waals surface area contributed by atoms with Crippen molar-refractivity contribution in [2.45, 2.75) is 78.1 Å². The maximum atomic E-state index is 9.53. The van der Waals surface area contributed by atoms with Gasteiger partial charge in [-0.3, -0.25) is 0 Å². The molecular weight excluding hydrogens is 212 g/mol. The third-order valence-corrected chi connectivity index (χ3v) is 3.79. The largest absolute Gasteiger partial charge is 0.396 e. The zero-order chi connectivity index (χ0) is 13.0. The van der Waals surface area contributed by atoms with Gasteiger partial charge in [-0.25, -0.2) is 0 Å². The van der Waals surface area contributed by atoms with Crippen LogP contribution in [0.25, 0.3) is 0 Å². The molecule has 2 nitrogen and oxygen atoms in total. The molecule has 0 aliphatic heterocycles. The van der Waals surface area contributed by atoms with E-state index in [1.165, 1.54) is 38.5 Å². The molecule has 0 aromatic heterocycles. The van der Waals surface area contributed by atoms with Gasteiger partial charge < -0.3 is 10.2 Å². The van der Waals surface area contributed by atoms with Gasteiger partial charge in [-0.2, -0.15) is 0 Å². The quantitative estimate of drug-likeness (QED) is 0.511. The molecule has 0 amide bonds. The Balaban J connectivity index is 3.88. The second-order valence-electron chi connectivity index (χ2n) is 5.44. The second kappa shape index (κ2) is 11.0. The van der Waals surface area contributed by atoms with Crippen molar-refractivity contribution in [1.82, 2.24) is 0 Å². The standard InChI is InChI=1S/C15H32O2/c1-3-5-7-9-11-15(13-16,14-17)12-10-8-6-4-2/h16-17H,3-14H2,1-2H3. The predicted molar refractivity (Wildman–Crippen MR) is 74.1 cm³/mol. The highest BCUT2D eigenvalue weighted by Crippen LogP contribution is 2.30. The molecule has 0 saturated carbocycles. The summed E-state index contributed by atoms with van der Waals surface area (Å²) in [4.78, 5) is 0. The first-order valence-electron chi connectivity index (χ1n) is 7.46. The smallest absolute Gasteiger partial charge is 0.0509 e. The molecule has 2 heteroatoms. The molecule has 0 heterocycles. The van der Waals surface area contributed by atoms with E-state index in [4.69, 9.17) is 0 Å². The van der Waals surface area contributed by atoms with Gasteiger partial charge in [-0.05, 0) is 12.8 Å². The fourth-order valence-corrected chi connectivity index (χ4v) is 2.34. The van der Waals surface area contributed by atoms with Gasteiger partial charge >= 0.3 is 0 Å². The Morgan fingerprint density at radius 3 is 1.35 bits per heavy atom. The lowest BCUT2D eigenvalue weighted by molar-refractivity contribution is 0.0353. The lowest BCUT2D eigenvalue weighted by atomic mass is 9.79. The van der Waals surface area contributed by atoms with Gasteiger partial charge in [0.2, 0.25) is 0 Å². The van der Waals surface area contributed by atoms with Gasteiger partial charge in [0.05, 0.1) is 13.2 Å². The lowest BCUT2D eigenvalue weighted by Crippen LogP contribution is -2.29. The minimum absolute atomic E-state index is 0.141. The monoisotopic (exact) mass is 244 g/mol. The van der Waals surface area contributed by atoms with E-state index in [0.717, 1.165) is 25.7 Å². The molecule has 0 saturated heterocycles. The van der Waals surface area contributed by atoms with Crippen LogP contribution in [0.5, 0.6) is 0 Å². The van der Waals surface area contributed by atoms with Crippen molar-refractivity contribution >= 4 is 0 Å². The van der Waals surface area contributed by atoms with Crippen molar-refractivity contribution in [3.63, 3.8) is 0 Å². The summed E-state index contributed by atoms with van der Waals surface area (Å²) in [5.41, 5.74) is -0.207. The fourth-order valence-electron chi connectivity index (χ4n) is 2.34. The number of hydrogen-bond donors (Lipinski definition) is 2. The summed E-state index contributed by atoms with van der Waals surface area (Å²) in [7, 11) is 0. The Labute approximate surface area is 107 Å². The van der Waals surface area contributed by atoms with Crippen LogP contribution in [0.15, 0.2) is 0 Å². The van der Waals surface area contributed by atoms with E-state index in [2.05, 4.69) is 13.8 Å². The molecule has 2 N–H and O–H groups in total. The molecule has 104 valence electrons. The van der Waals surface area contributed by atoms with Crippen LogP contribution in [0.4, 0.5) is 0 Å². The Kier molecular flexibility index (Phi) is 11.0. The highest BCUT2D eigenvalue weighted by molar-refractivity contribution is 4.77. The van der Waals surface area contributed by atoms with Crippen molar-refractivity contribution in [3.8, 4) is 0 Å². The summed E-state index contributed by atoms with van der Waals surface area (Å²) >= 11 is 0. The van der Waals surface area contributed by atoms with Crippen molar-refractivity contribution in [2.75, 3.05) is 13.2 Å². The number of aliphatic hydroxyl groups is 2. The molecule has 0 unspecified atom stereocenters. The molecule has 0 fully saturated rings. The molecule has 0 radical (unpaired) electrons. The first-order valence-corrected chi connectivity index (χ1v) is 7.46. The molecule has 0 spiro atoms. The molecule has 0 aromatic carbocycles. The van der Waals surface area contributed by atoms with E-state index in [-0.39, 0.29) is 18.6 Å². The first kappa shape index (κ1) is 16.9. The van der Waals surface area contributed by atoms with E-state index < -0.39 is 0 Å². The SMILES string of the molecule is CCCCCCC(CO)(CO)CCCCCC. The molecule has 17 heavy (non-hydrogen) atoms. The van der Waals surface area contributed by atoms with E-state index in [1.807, 2.05) is 0 Å². The van der Waals surface area contributed by atoms with Gasteiger partial charge in [-0.15, -0.1) is 0 Å². The van der Waals surface area contributed by atoms with Crippen molar-refractivity contribution < 1.29 is 10.2 Å². The van der Waals surface area contributed by atoms with Crippen LogP contribution in [-0.4, -0.2) is 23.4 Å². The van der Waals surface area contributed by atoms with Crippen LogP contribution in [0.2, 0.25) is 0 Å². The van der Waals surface area contributed by atoms with Gasteiger partial charge in [0.25, 0.3) is 0 Å². The molecule has 0 rings (SSSR count). The Bertz CT molecular complexity index is 139. The summed E-state index contributed by atoms with van der Waals surface area (Å²) in [5.74, 6) is 0. The molecular formula is C15H32O2. The average Bonchev–Trinajstić information content (AvgIpc) is 2.37. The van der Waals surface area contributed by atoms with Gasteiger partial charge in [0.1, 0.15) is 0 Å². The van der Waals surface area contributed by atoms with Crippen LogP contribution < -0.4 is 0 Å². The molecule has 0 atom stereocenters. The molecule has 0 aromatic rings. The molecule has 0 aliphatic carbocycles. The highest BCUT2D eigenvalue weighted by atomic mass is 16.3. The van der Waals surface area contributed by atoms with E-state index in [1.54, 1.807) is 0 Å². The number of hydrogen-bond acceptors (Lipinski definition) is 2. The minimum atomic E-state index is -0.207. The van der Waals surface area contributed by atoms with Crippen molar-refractivity contribution in [3.05, 3.63) is 0 Å². The fraction of sp³-hybridized carbons (Fsp3) is 1.00. The summed E-state index contributed by atoms with van der Waals surface area (Å²) < 4.78 is 0. The highest BCUT2D eigenvalue weighted by Gasteiger charge is 2.27. The third-order valence-electron chi connectivity index (χ3n) is 3.79. The van der Waals surface area contributed by atoms with E-state index >= 15 is 0 Å². The zero-order valence-corrected chi connectivity index (χ0v) is 11.9. The Morgan fingerprint density at radius 1 is 0.647 bits per heavy atom. The summed E-state index contributed by atoms with van der Waals surface area (Å²) in [5, 5.41) is 19.1. The van der Waals surface area contributed by atoms with Gasteiger partial charge in [-0.1, -0.05) is 65.2 Å². The lowest BCUT2D eigenvalue weighted by Gasteiger charge is -2.30.